The van der Waals surface area contributed by atoms with Crippen molar-refractivity contribution in [3.8, 4) is 0 Å². The Morgan fingerprint density at radius 3 is 2.50 bits per heavy atom. The van der Waals surface area contributed by atoms with Crippen molar-refractivity contribution >= 4 is 5.71 Å². The second-order valence-electron chi connectivity index (χ2n) is 4.36. The van der Waals surface area contributed by atoms with Crippen LogP contribution in [0.4, 0.5) is 0 Å². The smallest absolute Gasteiger partial charge is 0.0515 e. The van der Waals surface area contributed by atoms with Gasteiger partial charge < -0.3 is 0 Å². The van der Waals surface area contributed by atoms with Gasteiger partial charge >= 0.3 is 0 Å². The Morgan fingerprint density at radius 1 is 1.14 bits per heavy atom. The SMILES string of the molecule is CC1=NC(C)Cc2cc(C)c(C)cc21. The molecule has 1 unspecified atom stereocenters. The van der Waals surface area contributed by atoms with Crippen molar-refractivity contribution < 1.29 is 0 Å². The summed E-state index contributed by atoms with van der Waals surface area (Å²) in [5.41, 5.74) is 6.78. The zero-order valence-electron chi connectivity index (χ0n) is 9.39. The lowest BCUT2D eigenvalue weighted by Gasteiger charge is -2.20. The van der Waals surface area contributed by atoms with Gasteiger partial charge in [0.15, 0.2) is 0 Å². The lowest BCUT2D eigenvalue weighted by atomic mass is 9.91. The van der Waals surface area contributed by atoms with E-state index in [0.717, 1.165) is 6.42 Å². The molecule has 1 aliphatic rings. The molecule has 14 heavy (non-hydrogen) atoms. The second-order valence-corrected chi connectivity index (χ2v) is 4.36. The third kappa shape index (κ3) is 1.47. The maximum absolute atomic E-state index is 4.61. The summed E-state index contributed by atoms with van der Waals surface area (Å²) in [6.07, 6.45) is 1.09. The van der Waals surface area contributed by atoms with Crippen LogP contribution in [0.5, 0.6) is 0 Å². The Balaban J connectivity index is 2.59. The first-order valence-corrected chi connectivity index (χ1v) is 5.23. The number of rotatable bonds is 0. The van der Waals surface area contributed by atoms with Crippen LogP contribution in [0, 0.1) is 13.8 Å². The minimum atomic E-state index is 0.449. The highest BCUT2D eigenvalue weighted by molar-refractivity contribution is 6.01. The van der Waals surface area contributed by atoms with Crippen LogP contribution in [-0.2, 0) is 6.42 Å². The van der Waals surface area contributed by atoms with Gasteiger partial charge in [-0.25, -0.2) is 0 Å². The summed E-state index contributed by atoms with van der Waals surface area (Å²) in [4.78, 5) is 4.61. The van der Waals surface area contributed by atoms with Crippen molar-refractivity contribution in [2.45, 2.75) is 40.2 Å². The number of fused-ring (bicyclic) bond motifs is 1. The molecule has 1 atom stereocenters. The number of hydrogen-bond acceptors (Lipinski definition) is 1. The maximum Gasteiger partial charge on any atom is 0.0515 e. The summed E-state index contributed by atoms with van der Waals surface area (Å²) in [6.45, 7) is 8.65. The van der Waals surface area contributed by atoms with Gasteiger partial charge in [-0.3, -0.25) is 4.99 Å². The van der Waals surface area contributed by atoms with Crippen LogP contribution in [0.15, 0.2) is 17.1 Å². The van der Waals surface area contributed by atoms with Crippen LogP contribution >= 0.6 is 0 Å². The van der Waals surface area contributed by atoms with E-state index in [1.165, 1.54) is 28.0 Å². The Labute approximate surface area is 85.9 Å². The van der Waals surface area contributed by atoms with Crippen LogP contribution in [0.3, 0.4) is 0 Å². The molecule has 1 heterocycles. The van der Waals surface area contributed by atoms with Gasteiger partial charge in [-0.2, -0.15) is 0 Å². The highest BCUT2D eigenvalue weighted by Crippen LogP contribution is 2.23. The van der Waals surface area contributed by atoms with E-state index < -0.39 is 0 Å². The fourth-order valence-corrected chi connectivity index (χ4v) is 2.15. The summed E-state index contributed by atoms with van der Waals surface area (Å²) in [6, 6.07) is 5.04. The van der Waals surface area contributed by atoms with Crippen LogP contribution in [0.1, 0.15) is 36.1 Å². The standard InChI is InChI=1S/C13H17N/c1-8-5-12-7-10(3)14-11(4)13(12)6-9(8)2/h5-6,10H,7H2,1-4H3. The molecule has 0 fully saturated rings. The predicted molar refractivity (Wildman–Crippen MR) is 61.3 cm³/mol. The normalized spacial score (nSPS) is 20.3. The monoisotopic (exact) mass is 187 g/mol. The molecule has 0 N–H and O–H groups in total. The van der Waals surface area contributed by atoms with E-state index in [2.05, 4.69) is 44.8 Å². The fraction of sp³-hybridized carbons (Fsp3) is 0.462. The summed E-state index contributed by atoms with van der Waals surface area (Å²) in [5.74, 6) is 0. The lowest BCUT2D eigenvalue weighted by molar-refractivity contribution is 0.726. The van der Waals surface area contributed by atoms with Crippen molar-refractivity contribution in [1.29, 1.82) is 0 Å². The summed E-state index contributed by atoms with van der Waals surface area (Å²) in [7, 11) is 0. The average Bonchev–Trinajstić information content (AvgIpc) is 2.08. The largest absolute Gasteiger partial charge is 0.286 e. The molecule has 2 rings (SSSR count). The minimum absolute atomic E-state index is 0.449. The molecule has 0 amide bonds. The highest BCUT2D eigenvalue weighted by atomic mass is 14.8. The van der Waals surface area contributed by atoms with E-state index in [1.807, 2.05) is 0 Å². The zero-order valence-corrected chi connectivity index (χ0v) is 9.39. The number of aryl methyl sites for hydroxylation is 2. The molecule has 0 radical (unpaired) electrons. The van der Waals surface area contributed by atoms with E-state index in [-0.39, 0.29) is 0 Å². The van der Waals surface area contributed by atoms with Crippen molar-refractivity contribution in [1.82, 2.24) is 0 Å². The van der Waals surface area contributed by atoms with Gasteiger partial charge in [0.2, 0.25) is 0 Å². The summed E-state index contributed by atoms with van der Waals surface area (Å²) < 4.78 is 0. The van der Waals surface area contributed by atoms with Crippen LogP contribution in [0.2, 0.25) is 0 Å². The number of benzene rings is 1. The third-order valence-electron chi connectivity index (χ3n) is 3.04. The average molecular weight is 187 g/mol. The van der Waals surface area contributed by atoms with Gasteiger partial charge in [0.1, 0.15) is 0 Å². The zero-order chi connectivity index (χ0) is 10.3. The van der Waals surface area contributed by atoms with Crippen LogP contribution < -0.4 is 0 Å². The van der Waals surface area contributed by atoms with Gasteiger partial charge in [-0.05, 0) is 62.4 Å². The summed E-state index contributed by atoms with van der Waals surface area (Å²) >= 11 is 0. The molecule has 0 saturated heterocycles. The summed E-state index contributed by atoms with van der Waals surface area (Å²) in [5, 5.41) is 0. The second kappa shape index (κ2) is 3.23. The Kier molecular flexibility index (Phi) is 2.18. The van der Waals surface area contributed by atoms with Crippen molar-refractivity contribution in [2.75, 3.05) is 0 Å². The first-order valence-electron chi connectivity index (χ1n) is 5.23. The molecule has 1 aromatic rings. The molecule has 1 heteroatoms. The molecule has 1 aliphatic heterocycles. The Morgan fingerprint density at radius 2 is 1.79 bits per heavy atom. The van der Waals surface area contributed by atoms with Gasteiger partial charge in [-0.1, -0.05) is 6.07 Å². The maximum atomic E-state index is 4.61. The first-order chi connectivity index (χ1) is 6.58. The molecule has 0 saturated carbocycles. The van der Waals surface area contributed by atoms with Crippen molar-refractivity contribution in [3.63, 3.8) is 0 Å². The molecule has 1 nitrogen and oxygen atoms in total. The van der Waals surface area contributed by atoms with Gasteiger partial charge in [0.25, 0.3) is 0 Å². The lowest BCUT2D eigenvalue weighted by Crippen LogP contribution is -2.17. The van der Waals surface area contributed by atoms with E-state index >= 15 is 0 Å². The number of aliphatic imine (C=N–C) groups is 1. The van der Waals surface area contributed by atoms with Gasteiger partial charge in [0.05, 0.1) is 6.04 Å². The molecule has 0 spiro atoms. The predicted octanol–water partition coefficient (Wildman–Crippen LogP) is 3.06. The fourth-order valence-electron chi connectivity index (χ4n) is 2.15. The van der Waals surface area contributed by atoms with Gasteiger partial charge in [0, 0.05) is 5.71 Å². The molecule has 1 aromatic carbocycles. The van der Waals surface area contributed by atoms with Crippen LogP contribution in [-0.4, -0.2) is 11.8 Å². The minimum Gasteiger partial charge on any atom is -0.286 e. The van der Waals surface area contributed by atoms with E-state index in [0.29, 0.717) is 6.04 Å². The quantitative estimate of drug-likeness (QED) is 0.592. The molecule has 0 aliphatic carbocycles. The number of hydrogen-bond donors (Lipinski definition) is 0. The molecule has 0 aromatic heterocycles. The Hall–Kier alpha value is -1.11. The van der Waals surface area contributed by atoms with Crippen molar-refractivity contribution in [3.05, 3.63) is 34.4 Å². The van der Waals surface area contributed by atoms with E-state index in [1.54, 1.807) is 0 Å². The molecular formula is C13H17N. The highest BCUT2D eigenvalue weighted by Gasteiger charge is 2.15. The Bertz CT molecular complexity index is 402. The van der Waals surface area contributed by atoms with Crippen molar-refractivity contribution in [2.24, 2.45) is 4.99 Å². The first kappa shape index (κ1) is 9.45. The molecular weight excluding hydrogens is 170 g/mol. The van der Waals surface area contributed by atoms with E-state index in [9.17, 15) is 0 Å². The third-order valence-corrected chi connectivity index (χ3v) is 3.04. The topological polar surface area (TPSA) is 12.4 Å². The van der Waals surface area contributed by atoms with E-state index in [4.69, 9.17) is 0 Å². The molecule has 0 bridgehead atoms. The van der Waals surface area contributed by atoms with Gasteiger partial charge in [-0.15, -0.1) is 0 Å². The number of nitrogens with zero attached hydrogens (tertiary/aromatic N) is 1. The van der Waals surface area contributed by atoms with Crippen LogP contribution in [0.25, 0.3) is 0 Å². The molecule has 74 valence electrons.